The Bertz CT molecular complexity index is 354. The van der Waals surface area contributed by atoms with Crippen LogP contribution in [0.2, 0.25) is 0 Å². The average molecular weight is 281 g/mol. The lowest BCUT2D eigenvalue weighted by molar-refractivity contribution is -0.126. The summed E-state index contributed by atoms with van der Waals surface area (Å²) < 4.78 is 0. The van der Waals surface area contributed by atoms with E-state index in [1.807, 2.05) is 7.05 Å². The Morgan fingerprint density at radius 1 is 1.35 bits per heavy atom. The maximum Gasteiger partial charge on any atom is 0.237 e. The van der Waals surface area contributed by atoms with Crippen LogP contribution in [0.1, 0.15) is 58.8 Å². The molecule has 3 N–H and O–H groups in total. The molecule has 1 aliphatic heterocycles. The Morgan fingerprint density at radius 3 is 2.55 bits per heavy atom. The number of carbonyl (C=O) groups is 1. The number of likely N-dealkylation sites (tertiary alicyclic amines) is 1. The SMILES string of the molecule is CCC1(CC)CCN(C2CCCC(NC)(C(N)=O)C2)C1. The minimum Gasteiger partial charge on any atom is -0.368 e. The fourth-order valence-electron chi connectivity index (χ4n) is 4.24. The van der Waals surface area contributed by atoms with Gasteiger partial charge in [-0.1, -0.05) is 13.8 Å². The lowest BCUT2D eigenvalue weighted by Crippen LogP contribution is -2.59. The molecule has 1 amide bonds. The van der Waals surface area contributed by atoms with Gasteiger partial charge in [-0.15, -0.1) is 0 Å². The van der Waals surface area contributed by atoms with Crippen LogP contribution in [0.4, 0.5) is 0 Å². The molecule has 0 aromatic carbocycles. The number of hydrogen-bond acceptors (Lipinski definition) is 3. The number of amides is 1. The molecule has 0 aromatic heterocycles. The normalized spacial score (nSPS) is 34.2. The Balaban J connectivity index is 2.05. The van der Waals surface area contributed by atoms with Crippen LogP contribution in [0.5, 0.6) is 0 Å². The number of likely N-dealkylation sites (N-methyl/N-ethyl adjacent to an activating group) is 1. The lowest BCUT2D eigenvalue weighted by atomic mass is 9.77. The third-order valence-electron chi connectivity index (χ3n) is 6.16. The highest BCUT2D eigenvalue weighted by Gasteiger charge is 2.45. The number of nitrogens with two attached hydrogens (primary N) is 1. The third kappa shape index (κ3) is 2.73. The zero-order valence-corrected chi connectivity index (χ0v) is 13.4. The fourth-order valence-corrected chi connectivity index (χ4v) is 4.24. The highest BCUT2D eigenvalue weighted by molar-refractivity contribution is 5.84. The van der Waals surface area contributed by atoms with Gasteiger partial charge >= 0.3 is 0 Å². The van der Waals surface area contributed by atoms with E-state index < -0.39 is 5.54 Å². The zero-order chi connectivity index (χ0) is 14.8. The van der Waals surface area contributed by atoms with Crippen molar-refractivity contribution in [1.82, 2.24) is 10.2 Å². The summed E-state index contributed by atoms with van der Waals surface area (Å²) >= 11 is 0. The van der Waals surface area contributed by atoms with Gasteiger partial charge in [0.1, 0.15) is 0 Å². The molecule has 1 aliphatic carbocycles. The van der Waals surface area contributed by atoms with E-state index in [-0.39, 0.29) is 5.91 Å². The second-order valence-electron chi connectivity index (χ2n) is 6.87. The summed E-state index contributed by atoms with van der Waals surface area (Å²) in [6.45, 7) is 7.01. The van der Waals surface area contributed by atoms with Crippen molar-refractivity contribution in [3.63, 3.8) is 0 Å². The molecule has 1 saturated carbocycles. The van der Waals surface area contributed by atoms with Gasteiger partial charge in [-0.05, 0) is 64.0 Å². The van der Waals surface area contributed by atoms with E-state index >= 15 is 0 Å². The van der Waals surface area contributed by atoms with Crippen LogP contribution in [0.15, 0.2) is 0 Å². The van der Waals surface area contributed by atoms with Crippen LogP contribution in [0.25, 0.3) is 0 Å². The van der Waals surface area contributed by atoms with E-state index in [4.69, 9.17) is 5.73 Å². The Hall–Kier alpha value is -0.610. The van der Waals surface area contributed by atoms with Crippen molar-refractivity contribution in [3.8, 4) is 0 Å². The second kappa shape index (κ2) is 6.02. The van der Waals surface area contributed by atoms with Crippen LogP contribution >= 0.6 is 0 Å². The van der Waals surface area contributed by atoms with Crippen LogP contribution in [-0.2, 0) is 4.79 Å². The maximum absolute atomic E-state index is 11.8. The van der Waals surface area contributed by atoms with E-state index in [2.05, 4.69) is 24.1 Å². The smallest absolute Gasteiger partial charge is 0.237 e. The van der Waals surface area contributed by atoms with Crippen molar-refractivity contribution in [3.05, 3.63) is 0 Å². The van der Waals surface area contributed by atoms with E-state index in [9.17, 15) is 4.79 Å². The monoisotopic (exact) mass is 281 g/mol. The predicted octanol–water partition coefficient (Wildman–Crippen LogP) is 1.88. The minimum absolute atomic E-state index is 0.179. The van der Waals surface area contributed by atoms with Crippen molar-refractivity contribution in [2.24, 2.45) is 11.1 Å². The molecule has 2 rings (SSSR count). The highest BCUT2D eigenvalue weighted by Crippen LogP contribution is 2.41. The molecule has 2 fully saturated rings. The number of nitrogens with zero attached hydrogens (tertiary/aromatic N) is 1. The summed E-state index contributed by atoms with van der Waals surface area (Å²) in [5.74, 6) is -0.179. The van der Waals surface area contributed by atoms with Gasteiger partial charge in [0.15, 0.2) is 0 Å². The Morgan fingerprint density at radius 2 is 2.05 bits per heavy atom. The standard InChI is InChI=1S/C16H31N3O/c1-4-15(5-2)9-10-19(12-15)13-7-6-8-16(11-13,18-3)14(17)20/h13,18H,4-12H2,1-3H3,(H2,17,20). The summed E-state index contributed by atoms with van der Waals surface area (Å²) in [4.78, 5) is 14.5. The van der Waals surface area contributed by atoms with Crippen molar-refractivity contribution in [2.75, 3.05) is 20.1 Å². The zero-order valence-electron chi connectivity index (χ0n) is 13.4. The van der Waals surface area contributed by atoms with E-state index in [1.54, 1.807) is 0 Å². The molecule has 0 radical (unpaired) electrons. The lowest BCUT2D eigenvalue weighted by Gasteiger charge is -2.42. The molecule has 20 heavy (non-hydrogen) atoms. The average Bonchev–Trinajstić information content (AvgIpc) is 2.92. The molecule has 1 saturated heterocycles. The molecule has 0 spiro atoms. The molecule has 116 valence electrons. The van der Waals surface area contributed by atoms with E-state index in [1.165, 1.54) is 38.8 Å². The van der Waals surface area contributed by atoms with Crippen LogP contribution in [0.3, 0.4) is 0 Å². The van der Waals surface area contributed by atoms with Crippen molar-refractivity contribution in [2.45, 2.75) is 70.4 Å². The molecule has 2 aliphatic rings. The number of hydrogen-bond donors (Lipinski definition) is 2. The molecule has 2 unspecified atom stereocenters. The van der Waals surface area contributed by atoms with Gasteiger partial charge in [-0.2, -0.15) is 0 Å². The van der Waals surface area contributed by atoms with Gasteiger partial charge in [0.25, 0.3) is 0 Å². The van der Waals surface area contributed by atoms with E-state index in [0.29, 0.717) is 11.5 Å². The second-order valence-corrected chi connectivity index (χ2v) is 6.87. The van der Waals surface area contributed by atoms with Gasteiger partial charge < -0.3 is 11.1 Å². The maximum atomic E-state index is 11.8. The quantitative estimate of drug-likeness (QED) is 0.809. The predicted molar refractivity (Wildman–Crippen MR) is 82.4 cm³/mol. The molecule has 4 heteroatoms. The summed E-state index contributed by atoms with van der Waals surface area (Å²) in [5, 5.41) is 3.22. The van der Waals surface area contributed by atoms with Crippen LogP contribution < -0.4 is 11.1 Å². The Labute approximate surface area is 123 Å². The molecule has 1 heterocycles. The van der Waals surface area contributed by atoms with E-state index in [0.717, 1.165) is 19.3 Å². The first-order valence-electron chi connectivity index (χ1n) is 8.24. The van der Waals surface area contributed by atoms with Crippen LogP contribution in [0, 0.1) is 5.41 Å². The highest BCUT2D eigenvalue weighted by atomic mass is 16.1. The first kappa shape index (κ1) is 15.8. The number of primary amides is 1. The van der Waals surface area contributed by atoms with Crippen molar-refractivity contribution >= 4 is 5.91 Å². The van der Waals surface area contributed by atoms with Crippen LogP contribution in [-0.4, -0.2) is 42.5 Å². The van der Waals surface area contributed by atoms with Gasteiger partial charge in [-0.3, -0.25) is 9.69 Å². The van der Waals surface area contributed by atoms with Crippen molar-refractivity contribution < 1.29 is 4.79 Å². The molecule has 0 bridgehead atoms. The molecular formula is C16H31N3O. The topological polar surface area (TPSA) is 58.4 Å². The first-order valence-corrected chi connectivity index (χ1v) is 8.24. The molecule has 0 aromatic rings. The van der Waals surface area contributed by atoms with Crippen molar-refractivity contribution in [1.29, 1.82) is 0 Å². The van der Waals surface area contributed by atoms with Gasteiger partial charge in [0.05, 0.1) is 5.54 Å². The third-order valence-corrected chi connectivity index (χ3v) is 6.16. The molecule has 2 atom stereocenters. The fraction of sp³-hybridized carbons (Fsp3) is 0.938. The number of carbonyl (C=O) groups excluding carboxylic acids is 1. The summed E-state index contributed by atoms with van der Waals surface area (Å²) in [6.07, 6.45) is 7.90. The first-order chi connectivity index (χ1) is 9.51. The number of rotatable bonds is 5. The van der Waals surface area contributed by atoms with Gasteiger partial charge in [-0.25, -0.2) is 0 Å². The van der Waals surface area contributed by atoms with Gasteiger partial charge in [0.2, 0.25) is 5.91 Å². The summed E-state index contributed by atoms with van der Waals surface area (Å²) in [6, 6.07) is 0.517. The molecule has 4 nitrogen and oxygen atoms in total. The number of nitrogens with one attached hydrogen (secondary N) is 1. The molecular weight excluding hydrogens is 250 g/mol. The Kier molecular flexibility index (Phi) is 4.75. The summed E-state index contributed by atoms with van der Waals surface area (Å²) in [5.41, 5.74) is 5.69. The summed E-state index contributed by atoms with van der Waals surface area (Å²) in [7, 11) is 1.87. The largest absolute Gasteiger partial charge is 0.368 e. The minimum atomic E-state index is -0.480. The van der Waals surface area contributed by atoms with Gasteiger partial charge in [0, 0.05) is 12.6 Å².